The maximum absolute atomic E-state index is 11.9. The topological polar surface area (TPSA) is 61.4 Å². The lowest BCUT2D eigenvalue weighted by atomic mass is 10.1. The van der Waals surface area contributed by atoms with Crippen molar-refractivity contribution in [2.75, 3.05) is 26.7 Å². The van der Waals surface area contributed by atoms with Crippen molar-refractivity contribution in [3.8, 4) is 0 Å². The molecular weight excluding hydrogens is 238 g/mol. The molecule has 1 aliphatic rings. The van der Waals surface area contributed by atoms with E-state index in [1.54, 1.807) is 11.9 Å². The van der Waals surface area contributed by atoms with Crippen molar-refractivity contribution < 1.29 is 9.59 Å². The average Bonchev–Trinajstić information content (AvgIpc) is 2.82. The molecule has 1 aromatic rings. The van der Waals surface area contributed by atoms with Crippen molar-refractivity contribution in [3.63, 3.8) is 0 Å². The van der Waals surface area contributed by atoms with Crippen LogP contribution in [0.5, 0.6) is 0 Å². The standard InChI is InChI=1S/C11H15N3O2S/c1-12-7-9(15)14-5-4-13-11(16)10(14)8-3-2-6-17-8/h2-3,6,10,12H,4-5,7H2,1H3,(H,13,16). The molecule has 1 saturated heterocycles. The van der Waals surface area contributed by atoms with E-state index in [9.17, 15) is 9.59 Å². The van der Waals surface area contributed by atoms with Crippen molar-refractivity contribution in [1.82, 2.24) is 15.5 Å². The highest BCUT2D eigenvalue weighted by Gasteiger charge is 2.34. The molecule has 0 aromatic carbocycles. The Kier molecular flexibility index (Phi) is 3.75. The van der Waals surface area contributed by atoms with Crippen molar-refractivity contribution in [2.24, 2.45) is 0 Å². The van der Waals surface area contributed by atoms with Crippen LogP contribution in [0.25, 0.3) is 0 Å². The van der Waals surface area contributed by atoms with Gasteiger partial charge in [-0.1, -0.05) is 6.07 Å². The van der Waals surface area contributed by atoms with Crippen molar-refractivity contribution >= 4 is 23.2 Å². The maximum atomic E-state index is 11.9. The van der Waals surface area contributed by atoms with Gasteiger partial charge in [0.05, 0.1) is 6.54 Å². The van der Waals surface area contributed by atoms with Crippen LogP contribution in [0.15, 0.2) is 17.5 Å². The van der Waals surface area contributed by atoms with Gasteiger partial charge in [-0.25, -0.2) is 0 Å². The number of hydrogen-bond donors (Lipinski definition) is 2. The van der Waals surface area contributed by atoms with E-state index >= 15 is 0 Å². The Morgan fingerprint density at radius 3 is 3.18 bits per heavy atom. The predicted octanol–water partition coefficient (Wildman–Crippen LogP) is -0.0330. The third-order valence-electron chi connectivity index (χ3n) is 2.67. The number of hydrogen-bond acceptors (Lipinski definition) is 4. The Labute approximate surface area is 104 Å². The van der Waals surface area contributed by atoms with Gasteiger partial charge in [-0.2, -0.15) is 0 Å². The normalized spacial score (nSPS) is 20.2. The number of amides is 2. The summed E-state index contributed by atoms with van der Waals surface area (Å²) in [6.45, 7) is 1.35. The summed E-state index contributed by atoms with van der Waals surface area (Å²) in [5, 5.41) is 7.54. The van der Waals surface area contributed by atoms with Crippen LogP contribution in [-0.2, 0) is 9.59 Å². The van der Waals surface area contributed by atoms with E-state index < -0.39 is 6.04 Å². The number of nitrogens with one attached hydrogen (secondary N) is 2. The van der Waals surface area contributed by atoms with Gasteiger partial charge in [0.2, 0.25) is 11.8 Å². The molecule has 17 heavy (non-hydrogen) atoms. The monoisotopic (exact) mass is 253 g/mol. The summed E-state index contributed by atoms with van der Waals surface area (Å²) in [6, 6.07) is 3.31. The molecule has 0 aliphatic carbocycles. The molecule has 1 atom stereocenters. The minimum atomic E-state index is -0.468. The molecule has 1 fully saturated rings. The third kappa shape index (κ3) is 2.48. The van der Waals surface area contributed by atoms with E-state index in [4.69, 9.17) is 0 Å². The average molecular weight is 253 g/mol. The molecule has 0 radical (unpaired) electrons. The smallest absolute Gasteiger partial charge is 0.248 e. The lowest BCUT2D eigenvalue weighted by Gasteiger charge is -2.34. The van der Waals surface area contributed by atoms with E-state index in [1.807, 2.05) is 17.5 Å². The SMILES string of the molecule is CNCC(=O)N1CCNC(=O)C1c1cccs1. The van der Waals surface area contributed by atoms with Crippen LogP contribution in [0.1, 0.15) is 10.9 Å². The predicted molar refractivity (Wildman–Crippen MR) is 65.7 cm³/mol. The first kappa shape index (κ1) is 12.1. The van der Waals surface area contributed by atoms with Gasteiger partial charge in [-0.05, 0) is 18.5 Å². The van der Waals surface area contributed by atoms with Crippen LogP contribution in [0, 0.1) is 0 Å². The fourth-order valence-electron chi connectivity index (χ4n) is 1.92. The number of nitrogens with zero attached hydrogens (tertiary/aromatic N) is 1. The number of likely N-dealkylation sites (N-methyl/N-ethyl adjacent to an activating group) is 1. The molecule has 92 valence electrons. The summed E-state index contributed by atoms with van der Waals surface area (Å²) >= 11 is 1.50. The van der Waals surface area contributed by atoms with Gasteiger partial charge in [0, 0.05) is 18.0 Å². The van der Waals surface area contributed by atoms with Gasteiger partial charge < -0.3 is 15.5 Å². The Morgan fingerprint density at radius 1 is 1.71 bits per heavy atom. The van der Waals surface area contributed by atoms with Crippen LogP contribution in [0.4, 0.5) is 0 Å². The molecule has 1 aliphatic heterocycles. The quantitative estimate of drug-likeness (QED) is 0.795. The number of carbonyl (C=O) groups excluding carboxylic acids is 2. The molecule has 2 heterocycles. The molecule has 0 saturated carbocycles. The number of rotatable bonds is 3. The third-order valence-corrected chi connectivity index (χ3v) is 3.60. The molecule has 2 rings (SSSR count). The van der Waals surface area contributed by atoms with Gasteiger partial charge in [-0.15, -0.1) is 11.3 Å². The first-order valence-corrected chi connectivity index (χ1v) is 6.37. The molecule has 0 bridgehead atoms. The minimum Gasteiger partial charge on any atom is -0.352 e. The molecule has 2 amide bonds. The zero-order valence-corrected chi connectivity index (χ0v) is 10.4. The summed E-state index contributed by atoms with van der Waals surface area (Å²) in [5.74, 6) is -0.135. The minimum absolute atomic E-state index is 0.0410. The number of piperazine rings is 1. The second-order valence-corrected chi connectivity index (χ2v) is 4.81. The van der Waals surface area contributed by atoms with Crippen molar-refractivity contribution in [3.05, 3.63) is 22.4 Å². The van der Waals surface area contributed by atoms with E-state index in [0.29, 0.717) is 13.1 Å². The van der Waals surface area contributed by atoms with E-state index in [-0.39, 0.29) is 18.4 Å². The van der Waals surface area contributed by atoms with Crippen molar-refractivity contribution in [2.45, 2.75) is 6.04 Å². The Hall–Kier alpha value is -1.40. The van der Waals surface area contributed by atoms with Crippen LogP contribution >= 0.6 is 11.3 Å². The van der Waals surface area contributed by atoms with E-state index in [0.717, 1.165) is 4.88 Å². The Bertz CT molecular complexity index is 405. The van der Waals surface area contributed by atoms with Crippen LogP contribution < -0.4 is 10.6 Å². The van der Waals surface area contributed by atoms with Gasteiger partial charge in [0.1, 0.15) is 6.04 Å². The fourth-order valence-corrected chi connectivity index (χ4v) is 2.75. The molecule has 6 heteroatoms. The summed E-state index contributed by atoms with van der Waals surface area (Å²) in [7, 11) is 1.72. The molecule has 5 nitrogen and oxygen atoms in total. The largest absolute Gasteiger partial charge is 0.352 e. The summed E-state index contributed by atoms with van der Waals surface area (Å²) in [5.41, 5.74) is 0. The maximum Gasteiger partial charge on any atom is 0.248 e. The van der Waals surface area contributed by atoms with Crippen molar-refractivity contribution in [1.29, 1.82) is 0 Å². The van der Waals surface area contributed by atoms with Crippen LogP contribution in [0.3, 0.4) is 0 Å². The lowest BCUT2D eigenvalue weighted by molar-refractivity contribution is -0.142. The molecular formula is C11H15N3O2S. The molecule has 2 N–H and O–H groups in total. The van der Waals surface area contributed by atoms with Crippen LogP contribution in [-0.4, -0.2) is 43.4 Å². The summed E-state index contributed by atoms with van der Waals surface area (Å²) in [6.07, 6.45) is 0. The Morgan fingerprint density at radius 2 is 2.53 bits per heavy atom. The van der Waals surface area contributed by atoms with Crippen LogP contribution in [0.2, 0.25) is 0 Å². The first-order chi connectivity index (χ1) is 8.24. The number of thiophene rings is 1. The van der Waals surface area contributed by atoms with Gasteiger partial charge >= 0.3 is 0 Å². The second kappa shape index (κ2) is 5.29. The highest BCUT2D eigenvalue weighted by atomic mass is 32.1. The summed E-state index contributed by atoms with van der Waals surface area (Å²) < 4.78 is 0. The fraction of sp³-hybridized carbons (Fsp3) is 0.455. The zero-order chi connectivity index (χ0) is 12.3. The molecule has 1 aromatic heterocycles. The van der Waals surface area contributed by atoms with Gasteiger partial charge in [0.25, 0.3) is 0 Å². The lowest BCUT2D eigenvalue weighted by Crippen LogP contribution is -2.53. The van der Waals surface area contributed by atoms with Gasteiger partial charge in [0.15, 0.2) is 0 Å². The van der Waals surface area contributed by atoms with E-state index in [1.165, 1.54) is 11.3 Å². The molecule has 0 spiro atoms. The van der Waals surface area contributed by atoms with E-state index in [2.05, 4.69) is 10.6 Å². The number of carbonyl (C=O) groups is 2. The zero-order valence-electron chi connectivity index (χ0n) is 9.60. The Balaban J connectivity index is 2.22. The van der Waals surface area contributed by atoms with Gasteiger partial charge in [-0.3, -0.25) is 9.59 Å². The molecule has 1 unspecified atom stereocenters. The highest BCUT2D eigenvalue weighted by Crippen LogP contribution is 2.26. The summed E-state index contributed by atoms with van der Waals surface area (Å²) in [4.78, 5) is 26.4. The highest BCUT2D eigenvalue weighted by molar-refractivity contribution is 7.10. The second-order valence-electron chi connectivity index (χ2n) is 3.83. The first-order valence-electron chi connectivity index (χ1n) is 5.49.